The normalized spacial score (nSPS) is 13.4. The van der Waals surface area contributed by atoms with E-state index in [1.807, 2.05) is 12.1 Å². The fraction of sp³-hybridized carbons (Fsp3) is 0.385. The molecular formula is C26H32O2. The molecule has 3 rings (SSSR count). The van der Waals surface area contributed by atoms with Crippen molar-refractivity contribution in [3.8, 4) is 0 Å². The molecule has 3 aromatic rings. The zero-order chi connectivity index (χ0) is 19.6. The minimum absolute atomic E-state index is 0.516. The van der Waals surface area contributed by atoms with Gasteiger partial charge in [-0.25, -0.2) is 0 Å². The molecule has 0 spiro atoms. The Morgan fingerprint density at radius 1 is 0.786 bits per heavy atom. The van der Waals surface area contributed by atoms with E-state index in [2.05, 4.69) is 68.4 Å². The lowest BCUT2D eigenvalue weighted by Gasteiger charge is -2.23. The van der Waals surface area contributed by atoms with Crippen molar-refractivity contribution in [2.45, 2.75) is 64.6 Å². The summed E-state index contributed by atoms with van der Waals surface area (Å²) >= 11 is 0. The zero-order valence-corrected chi connectivity index (χ0v) is 17.1. The standard InChI is InChI=1S/C26H32O2/c1-3-9-25(18-22(4-2)23-10-6-5-7-11-23)24-15-13-21(14-16-24)19-27-20-26-12-8-17-28-26/h5-8,10-17,22,25H,3-4,9,18-20H2,1-2H3. The first-order valence-corrected chi connectivity index (χ1v) is 10.5. The van der Waals surface area contributed by atoms with E-state index in [0.29, 0.717) is 25.0 Å². The molecule has 0 saturated heterocycles. The van der Waals surface area contributed by atoms with Crippen LogP contribution in [-0.2, 0) is 18.0 Å². The van der Waals surface area contributed by atoms with Crippen molar-refractivity contribution in [3.63, 3.8) is 0 Å². The molecular weight excluding hydrogens is 344 g/mol. The number of furan rings is 1. The van der Waals surface area contributed by atoms with Gasteiger partial charge >= 0.3 is 0 Å². The van der Waals surface area contributed by atoms with Gasteiger partial charge in [-0.3, -0.25) is 0 Å². The number of ether oxygens (including phenoxy) is 1. The average Bonchev–Trinajstić information content (AvgIpc) is 3.26. The predicted molar refractivity (Wildman–Crippen MR) is 115 cm³/mol. The van der Waals surface area contributed by atoms with Gasteiger partial charge in [0.05, 0.1) is 12.9 Å². The second-order valence-electron chi connectivity index (χ2n) is 7.55. The molecule has 0 aliphatic rings. The van der Waals surface area contributed by atoms with Crippen LogP contribution in [-0.4, -0.2) is 0 Å². The highest BCUT2D eigenvalue weighted by molar-refractivity contribution is 5.27. The molecule has 1 heterocycles. The molecule has 0 fully saturated rings. The number of hydrogen-bond acceptors (Lipinski definition) is 2. The summed E-state index contributed by atoms with van der Waals surface area (Å²) in [7, 11) is 0. The molecule has 0 amide bonds. The summed E-state index contributed by atoms with van der Waals surface area (Å²) in [5.41, 5.74) is 4.13. The smallest absolute Gasteiger partial charge is 0.129 e. The van der Waals surface area contributed by atoms with Crippen molar-refractivity contribution in [2.75, 3.05) is 0 Å². The second-order valence-corrected chi connectivity index (χ2v) is 7.55. The van der Waals surface area contributed by atoms with Crippen LogP contribution in [0.15, 0.2) is 77.4 Å². The van der Waals surface area contributed by atoms with Crippen LogP contribution in [0, 0.1) is 0 Å². The molecule has 2 atom stereocenters. The van der Waals surface area contributed by atoms with Crippen molar-refractivity contribution in [3.05, 3.63) is 95.4 Å². The molecule has 0 radical (unpaired) electrons. The summed E-state index contributed by atoms with van der Waals surface area (Å²) in [6, 6.07) is 23.8. The van der Waals surface area contributed by atoms with Crippen LogP contribution in [0.5, 0.6) is 0 Å². The van der Waals surface area contributed by atoms with E-state index < -0.39 is 0 Å². The van der Waals surface area contributed by atoms with Gasteiger partial charge in [0.25, 0.3) is 0 Å². The Morgan fingerprint density at radius 3 is 2.18 bits per heavy atom. The maximum absolute atomic E-state index is 5.76. The number of hydrogen-bond donors (Lipinski definition) is 0. The molecule has 2 heteroatoms. The third-order valence-electron chi connectivity index (χ3n) is 5.51. The molecule has 2 nitrogen and oxygen atoms in total. The van der Waals surface area contributed by atoms with Crippen molar-refractivity contribution < 1.29 is 9.15 Å². The van der Waals surface area contributed by atoms with E-state index in [1.54, 1.807) is 6.26 Å². The topological polar surface area (TPSA) is 22.4 Å². The third-order valence-corrected chi connectivity index (χ3v) is 5.51. The van der Waals surface area contributed by atoms with Crippen molar-refractivity contribution in [2.24, 2.45) is 0 Å². The Hall–Kier alpha value is -2.32. The molecule has 2 aromatic carbocycles. The van der Waals surface area contributed by atoms with Crippen molar-refractivity contribution in [1.82, 2.24) is 0 Å². The van der Waals surface area contributed by atoms with E-state index in [1.165, 1.54) is 42.4 Å². The minimum Gasteiger partial charge on any atom is -0.467 e. The summed E-state index contributed by atoms with van der Waals surface area (Å²) < 4.78 is 11.1. The highest BCUT2D eigenvalue weighted by Crippen LogP contribution is 2.35. The molecule has 148 valence electrons. The lowest BCUT2D eigenvalue weighted by Crippen LogP contribution is -2.07. The monoisotopic (exact) mass is 376 g/mol. The lowest BCUT2D eigenvalue weighted by atomic mass is 9.81. The molecule has 0 aliphatic carbocycles. The van der Waals surface area contributed by atoms with E-state index in [9.17, 15) is 0 Å². The first-order chi connectivity index (χ1) is 13.8. The highest BCUT2D eigenvalue weighted by Gasteiger charge is 2.18. The van der Waals surface area contributed by atoms with Gasteiger partial charge in [-0.15, -0.1) is 0 Å². The maximum Gasteiger partial charge on any atom is 0.129 e. The van der Waals surface area contributed by atoms with Crippen molar-refractivity contribution in [1.29, 1.82) is 0 Å². The van der Waals surface area contributed by atoms with Crippen LogP contribution < -0.4 is 0 Å². The molecule has 2 unspecified atom stereocenters. The molecule has 0 aliphatic heterocycles. The Labute approximate surface area is 169 Å². The summed E-state index contributed by atoms with van der Waals surface area (Å²) in [4.78, 5) is 0. The van der Waals surface area contributed by atoms with E-state index in [-0.39, 0.29) is 0 Å². The number of rotatable bonds is 11. The third kappa shape index (κ3) is 5.84. The maximum atomic E-state index is 5.76. The lowest BCUT2D eigenvalue weighted by molar-refractivity contribution is 0.0929. The molecule has 0 saturated carbocycles. The second kappa shape index (κ2) is 10.9. The van der Waals surface area contributed by atoms with Crippen LogP contribution in [0.2, 0.25) is 0 Å². The van der Waals surface area contributed by atoms with Gasteiger partial charge in [0.2, 0.25) is 0 Å². The largest absolute Gasteiger partial charge is 0.467 e. The van der Waals surface area contributed by atoms with Crippen LogP contribution in [0.3, 0.4) is 0 Å². The fourth-order valence-electron chi connectivity index (χ4n) is 3.93. The Kier molecular flexibility index (Phi) is 7.93. The zero-order valence-electron chi connectivity index (χ0n) is 17.1. The van der Waals surface area contributed by atoms with Crippen LogP contribution >= 0.6 is 0 Å². The number of benzene rings is 2. The SMILES string of the molecule is CCCC(CC(CC)c1ccccc1)c1ccc(COCc2ccco2)cc1. The Morgan fingerprint density at radius 2 is 1.54 bits per heavy atom. The Balaban J connectivity index is 1.61. The Bertz CT molecular complexity index is 775. The van der Waals surface area contributed by atoms with Gasteiger partial charge in [-0.1, -0.05) is 74.9 Å². The van der Waals surface area contributed by atoms with E-state index in [4.69, 9.17) is 9.15 Å². The molecule has 0 N–H and O–H groups in total. The summed E-state index contributed by atoms with van der Waals surface area (Å²) in [5.74, 6) is 2.09. The molecule has 0 bridgehead atoms. The first-order valence-electron chi connectivity index (χ1n) is 10.5. The van der Waals surface area contributed by atoms with Gasteiger partial charge in [0.15, 0.2) is 0 Å². The highest BCUT2D eigenvalue weighted by atomic mass is 16.5. The van der Waals surface area contributed by atoms with Crippen LogP contribution in [0.25, 0.3) is 0 Å². The summed E-state index contributed by atoms with van der Waals surface area (Å²) in [6.45, 7) is 5.72. The average molecular weight is 377 g/mol. The van der Waals surface area contributed by atoms with E-state index in [0.717, 1.165) is 5.76 Å². The van der Waals surface area contributed by atoms with Gasteiger partial charge in [0, 0.05) is 0 Å². The van der Waals surface area contributed by atoms with E-state index >= 15 is 0 Å². The van der Waals surface area contributed by atoms with Gasteiger partial charge in [0.1, 0.15) is 12.4 Å². The first kappa shape index (κ1) is 20.4. The molecule has 1 aromatic heterocycles. The fourth-order valence-corrected chi connectivity index (χ4v) is 3.93. The van der Waals surface area contributed by atoms with Gasteiger partial charge < -0.3 is 9.15 Å². The van der Waals surface area contributed by atoms with Crippen LogP contribution in [0.4, 0.5) is 0 Å². The molecule has 28 heavy (non-hydrogen) atoms. The minimum atomic E-state index is 0.516. The van der Waals surface area contributed by atoms with Crippen LogP contribution in [0.1, 0.15) is 73.8 Å². The van der Waals surface area contributed by atoms with Crippen molar-refractivity contribution >= 4 is 0 Å². The predicted octanol–water partition coefficient (Wildman–Crippen LogP) is 7.46. The quantitative estimate of drug-likeness (QED) is 0.346. The van der Waals surface area contributed by atoms with Gasteiger partial charge in [-0.2, -0.15) is 0 Å². The summed E-state index contributed by atoms with van der Waals surface area (Å²) in [6.07, 6.45) is 6.52. The summed E-state index contributed by atoms with van der Waals surface area (Å²) in [5, 5.41) is 0. The van der Waals surface area contributed by atoms with Gasteiger partial charge in [-0.05, 0) is 59.9 Å².